The lowest BCUT2D eigenvalue weighted by molar-refractivity contribution is 0.102. The second-order valence-electron chi connectivity index (χ2n) is 7.66. The van der Waals surface area contributed by atoms with Crippen LogP contribution in [-0.2, 0) is 10.0 Å². The third kappa shape index (κ3) is 7.04. The number of benzene rings is 2. The summed E-state index contributed by atoms with van der Waals surface area (Å²) in [7, 11) is -4.15. The first-order chi connectivity index (χ1) is 16.8. The van der Waals surface area contributed by atoms with Gasteiger partial charge in [-0.3, -0.25) is 4.31 Å². The normalized spacial score (nSPS) is 12.1. The van der Waals surface area contributed by atoms with Gasteiger partial charge in [0.15, 0.2) is 0 Å². The van der Waals surface area contributed by atoms with Crippen LogP contribution in [0.3, 0.4) is 0 Å². The van der Waals surface area contributed by atoms with Crippen molar-refractivity contribution in [2.75, 3.05) is 42.5 Å². The summed E-state index contributed by atoms with van der Waals surface area (Å²) in [4.78, 5) is -0.0360. The summed E-state index contributed by atoms with van der Waals surface area (Å²) in [5.41, 5.74) is 1.86. The fraction of sp³-hybridized carbons (Fsp3) is 0.333. The zero-order valence-electron chi connectivity index (χ0n) is 19.7. The van der Waals surface area contributed by atoms with Gasteiger partial charge in [0.2, 0.25) is 0 Å². The van der Waals surface area contributed by atoms with Crippen LogP contribution in [-0.4, -0.2) is 67.8 Å². The van der Waals surface area contributed by atoms with Crippen molar-refractivity contribution >= 4 is 21.4 Å². The molecule has 0 aliphatic carbocycles. The summed E-state index contributed by atoms with van der Waals surface area (Å²) in [5.74, 6) is 0.672. The molecule has 0 bridgehead atoms. The number of aliphatic hydroxyl groups is 2. The Morgan fingerprint density at radius 3 is 2.63 bits per heavy atom. The number of hydrogen-bond acceptors (Lipinski definition) is 9. The molecule has 11 heteroatoms. The smallest absolute Gasteiger partial charge is 0.268 e. The number of rotatable bonds is 13. The number of sulfonamides is 1. The van der Waals surface area contributed by atoms with Gasteiger partial charge >= 0.3 is 0 Å². The van der Waals surface area contributed by atoms with E-state index in [2.05, 4.69) is 15.5 Å². The average Bonchev–Trinajstić information content (AvgIpc) is 2.85. The third-order valence-electron chi connectivity index (χ3n) is 4.91. The Balaban J connectivity index is 1.87. The molecule has 3 aromatic rings. The Morgan fingerprint density at radius 1 is 1.11 bits per heavy atom. The predicted molar refractivity (Wildman–Crippen MR) is 132 cm³/mol. The van der Waals surface area contributed by atoms with E-state index in [0.717, 1.165) is 15.6 Å². The fourth-order valence-corrected chi connectivity index (χ4v) is 4.98. The molecule has 0 spiro atoms. The van der Waals surface area contributed by atoms with Gasteiger partial charge in [0.05, 0.1) is 49.6 Å². The number of hydrogen-bond donors (Lipinski definition) is 3. The molecule has 0 aliphatic rings. The van der Waals surface area contributed by atoms with Gasteiger partial charge in [-0.15, -0.1) is 0 Å². The van der Waals surface area contributed by atoms with Crippen LogP contribution in [0.5, 0.6) is 11.5 Å². The second kappa shape index (κ2) is 12.3. The lowest BCUT2D eigenvalue weighted by Gasteiger charge is -2.28. The number of para-hydroxylation sites is 1. The highest BCUT2D eigenvalue weighted by Crippen LogP contribution is 2.32. The van der Waals surface area contributed by atoms with Crippen molar-refractivity contribution < 1.29 is 28.1 Å². The van der Waals surface area contributed by atoms with Gasteiger partial charge in [0.25, 0.3) is 10.0 Å². The highest BCUT2D eigenvalue weighted by molar-refractivity contribution is 7.93. The number of aromatic nitrogens is 2. The summed E-state index contributed by atoms with van der Waals surface area (Å²) in [6.07, 6.45) is 1.89. The van der Waals surface area contributed by atoms with Crippen LogP contribution in [0.2, 0.25) is 0 Å². The first kappa shape index (κ1) is 26.2. The van der Waals surface area contributed by atoms with Crippen LogP contribution in [0.4, 0.5) is 11.4 Å². The van der Waals surface area contributed by atoms with E-state index in [1.54, 1.807) is 61.8 Å². The van der Waals surface area contributed by atoms with E-state index in [-0.39, 0.29) is 23.8 Å². The summed E-state index contributed by atoms with van der Waals surface area (Å²) >= 11 is 0. The maximum absolute atomic E-state index is 13.7. The number of aryl methyl sites for hydroxylation is 1. The fourth-order valence-electron chi connectivity index (χ4n) is 3.36. The molecule has 1 atom stereocenters. The molecule has 1 aromatic heterocycles. The molecule has 0 saturated heterocycles. The van der Waals surface area contributed by atoms with Crippen molar-refractivity contribution in [2.45, 2.75) is 24.8 Å². The van der Waals surface area contributed by atoms with Gasteiger partial charge in [0, 0.05) is 12.6 Å². The third-order valence-corrected chi connectivity index (χ3v) is 6.75. The van der Waals surface area contributed by atoms with E-state index in [1.807, 2.05) is 6.92 Å². The highest BCUT2D eigenvalue weighted by atomic mass is 32.2. The first-order valence-corrected chi connectivity index (χ1v) is 12.6. The summed E-state index contributed by atoms with van der Waals surface area (Å²) in [6, 6.07) is 13.2. The largest absolute Gasteiger partial charge is 0.492 e. The summed E-state index contributed by atoms with van der Waals surface area (Å²) in [6.45, 7) is 3.73. The molecule has 0 aliphatic heterocycles. The number of anilines is 2. The minimum absolute atomic E-state index is 0.0360. The molecule has 35 heavy (non-hydrogen) atoms. The molecule has 3 N–H and O–H groups in total. The van der Waals surface area contributed by atoms with Crippen LogP contribution in [0.1, 0.15) is 12.5 Å². The quantitative estimate of drug-likeness (QED) is 0.301. The number of aliphatic hydroxyl groups excluding tert-OH is 2. The second-order valence-corrected chi connectivity index (χ2v) is 9.49. The lowest BCUT2D eigenvalue weighted by Crippen LogP contribution is -2.39. The number of nitrogens with zero attached hydrogens (tertiary/aromatic N) is 3. The Morgan fingerprint density at radius 2 is 1.91 bits per heavy atom. The average molecular weight is 503 g/mol. The van der Waals surface area contributed by atoms with Crippen molar-refractivity contribution in [1.29, 1.82) is 0 Å². The summed E-state index contributed by atoms with van der Waals surface area (Å²) in [5, 5.41) is 30.3. The standard InChI is InChI=1S/C24H30N4O6S/c1-3-33-23-6-4-5-7-24(23)35(31,32)28(16-21(30)17-29)20-12-18(2)13-22(14-20)34-11-10-25-19-8-9-26-27-15-19/h4-9,12-15,21,29-30H,3,10-11,16-17H2,1-2H3,(H,25,26). The van der Waals surface area contributed by atoms with E-state index < -0.39 is 22.7 Å². The molecule has 10 nitrogen and oxygen atoms in total. The van der Waals surface area contributed by atoms with Crippen molar-refractivity contribution in [3.05, 3.63) is 66.5 Å². The monoisotopic (exact) mass is 502 g/mol. The minimum atomic E-state index is -4.15. The zero-order chi connectivity index (χ0) is 25.3. The maximum Gasteiger partial charge on any atom is 0.268 e. The molecule has 1 heterocycles. The highest BCUT2D eigenvalue weighted by Gasteiger charge is 2.30. The van der Waals surface area contributed by atoms with Crippen LogP contribution < -0.4 is 19.1 Å². The van der Waals surface area contributed by atoms with Crippen LogP contribution in [0, 0.1) is 6.92 Å². The Labute approximate surface area is 205 Å². The van der Waals surface area contributed by atoms with Gasteiger partial charge < -0.3 is 25.0 Å². The summed E-state index contributed by atoms with van der Waals surface area (Å²) < 4.78 is 39.9. The molecule has 0 saturated carbocycles. The van der Waals surface area contributed by atoms with Gasteiger partial charge in [-0.1, -0.05) is 12.1 Å². The SMILES string of the molecule is CCOc1ccccc1S(=O)(=O)N(CC(O)CO)c1cc(C)cc(OCCNc2ccnnc2)c1. The topological polar surface area (TPSA) is 134 Å². The van der Waals surface area contributed by atoms with E-state index in [4.69, 9.17) is 9.47 Å². The van der Waals surface area contributed by atoms with Gasteiger partial charge in [-0.05, 0) is 49.7 Å². The van der Waals surface area contributed by atoms with E-state index in [1.165, 1.54) is 6.07 Å². The minimum Gasteiger partial charge on any atom is -0.492 e. The lowest BCUT2D eigenvalue weighted by atomic mass is 10.2. The van der Waals surface area contributed by atoms with E-state index >= 15 is 0 Å². The van der Waals surface area contributed by atoms with Crippen molar-refractivity contribution in [1.82, 2.24) is 10.2 Å². The van der Waals surface area contributed by atoms with Crippen molar-refractivity contribution in [3.8, 4) is 11.5 Å². The van der Waals surface area contributed by atoms with Crippen molar-refractivity contribution in [3.63, 3.8) is 0 Å². The zero-order valence-corrected chi connectivity index (χ0v) is 20.5. The molecule has 2 aromatic carbocycles. The molecular weight excluding hydrogens is 472 g/mol. The van der Waals surface area contributed by atoms with Crippen LogP contribution in [0.25, 0.3) is 0 Å². The van der Waals surface area contributed by atoms with Crippen LogP contribution in [0.15, 0.2) is 65.8 Å². The Bertz CT molecular complexity index is 1190. The Kier molecular flexibility index (Phi) is 9.24. The Hall–Kier alpha value is -3.41. The van der Waals surface area contributed by atoms with Crippen molar-refractivity contribution in [2.24, 2.45) is 0 Å². The van der Waals surface area contributed by atoms with Gasteiger partial charge in [0.1, 0.15) is 23.0 Å². The van der Waals surface area contributed by atoms with E-state index in [0.29, 0.717) is 24.6 Å². The molecule has 1 unspecified atom stereocenters. The molecule has 188 valence electrons. The molecule has 0 amide bonds. The first-order valence-electron chi connectivity index (χ1n) is 11.1. The molecule has 0 fully saturated rings. The van der Waals surface area contributed by atoms with Crippen LogP contribution >= 0.6 is 0 Å². The van der Waals surface area contributed by atoms with Gasteiger partial charge in [-0.2, -0.15) is 10.2 Å². The van der Waals surface area contributed by atoms with E-state index in [9.17, 15) is 18.6 Å². The maximum atomic E-state index is 13.7. The number of nitrogens with one attached hydrogen (secondary N) is 1. The number of ether oxygens (including phenoxy) is 2. The van der Waals surface area contributed by atoms with Gasteiger partial charge in [-0.25, -0.2) is 8.42 Å². The predicted octanol–water partition coefficient (Wildman–Crippen LogP) is 2.22. The molecule has 0 radical (unpaired) electrons. The molecular formula is C24H30N4O6S. The molecule has 3 rings (SSSR count).